The number of nitrogens with one attached hydrogen (secondary N) is 2. The molecule has 0 aliphatic heterocycles. The summed E-state index contributed by atoms with van der Waals surface area (Å²) in [5, 5.41) is 4.92. The fraction of sp³-hybridized carbons (Fsp3) is 0.0909. The van der Waals surface area contributed by atoms with Crippen molar-refractivity contribution in [3.63, 3.8) is 0 Å². The van der Waals surface area contributed by atoms with Crippen molar-refractivity contribution in [1.29, 1.82) is 0 Å². The third-order valence-electron chi connectivity index (χ3n) is 4.59. The van der Waals surface area contributed by atoms with Crippen molar-refractivity contribution in [3.05, 3.63) is 82.9 Å². The van der Waals surface area contributed by atoms with E-state index in [4.69, 9.17) is 4.42 Å². The van der Waals surface area contributed by atoms with E-state index in [0.717, 1.165) is 23.2 Å². The highest BCUT2D eigenvalue weighted by Crippen LogP contribution is 2.30. The van der Waals surface area contributed by atoms with Crippen molar-refractivity contribution >= 4 is 38.1 Å². The van der Waals surface area contributed by atoms with Crippen molar-refractivity contribution in [2.24, 2.45) is 0 Å². The van der Waals surface area contributed by atoms with Gasteiger partial charge in [-0.1, -0.05) is 12.1 Å². The first-order chi connectivity index (χ1) is 15.2. The van der Waals surface area contributed by atoms with E-state index in [0.29, 0.717) is 10.8 Å². The minimum atomic E-state index is -4.01. The lowest BCUT2D eigenvalue weighted by molar-refractivity contribution is 0.102. The van der Waals surface area contributed by atoms with Gasteiger partial charge in [-0.2, -0.15) is 0 Å². The predicted molar refractivity (Wildman–Crippen MR) is 121 cm³/mol. The summed E-state index contributed by atoms with van der Waals surface area (Å²) in [4.78, 5) is 16.9. The third-order valence-corrected chi connectivity index (χ3v) is 6.73. The standard InChI is InChI=1S/C22H18FN3O4S2/c1-13-11-17(14(2)30-13)20-12-31-22(24-20)25-21(27)15-7-9-16(10-8-15)32(28,29)26-19-6-4-3-5-18(19)23/h3-12,26H,1-2H3,(H,24,25,27). The van der Waals surface area contributed by atoms with Gasteiger partial charge in [-0.25, -0.2) is 17.8 Å². The molecule has 164 valence electrons. The van der Waals surface area contributed by atoms with Crippen LogP contribution in [0.1, 0.15) is 21.9 Å². The Kier molecular flexibility index (Phi) is 5.81. The molecule has 0 radical (unpaired) electrons. The van der Waals surface area contributed by atoms with E-state index in [2.05, 4.69) is 15.0 Å². The van der Waals surface area contributed by atoms with E-state index < -0.39 is 21.7 Å². The minimum Gasteiger partial charge on any atom is -0.466 e. The Morgan fingerprint density at radius 3 is 2.47 bits per heavy atom. The van der Waals surface area contributed by atoms with Gasteiger partial charge in [0.05, 0.1) is 16.3 Å². The molecule has 0 aliphatic carbocycles. The highest BCUT2D eigenvalue weighted by molar-refractivity contribution is 7.92. The molecule has 2 N–H and O–H groups in total. The summed E-state index contributed by atoms with van der Waals surface area (Å²) in [6.07, 6.45) is 0. The fourth-order valence-corrected chi connectivity index (χ4v) is 4.82. The first-order valence-electron chi connectivity index (χ1n) is 9.44. The van der Waals surface area contributed by atoms with Crippen LogP contribution < -0.4 is 10.0 Å². The molecule has 1 amide bonds. The molecular weight excluding hydrogens is 453 g/mol. The lowest BCUT2D eigenvalue weighted by Gasteiger charge is -2.09. The summed E-state index contributed by atoms with van der Waals surface area (Å²) in [5.41, 5.74) is 1.65. The molecule has 32 heavy (non-hydrogen) atoms. The summed E-state index contributed by atoms with van der Waals surface area (Å²) in [6, 6.07) is 12.7. The van der Waals surface area contributed by atoms with Crippen LogP contribution in [-0.4, -0.2) is 19.3 Å². The molecule has 0 bridgehead atoms. The summed E-state index contributed by atoms with van der Waals surface area (Å²) in [7, 11) is -4.01. The first kappa shape index (κ1) is 21.7. The van der Waals surface area contributed by atoms with Gasteiger partial charge < -0.3 is 4.42 Å². The van der Waals surface area contributed by atoms with E-state index in [1.165, 1.54) is 53.8 Å². The molecule has 0 aliphatic rings. The van der Waals surface area contributed by atoms with Gasteiger partial charge in [0, 0.05) is 16.5 Å². The Labute approximate surface area is 188 Å². The fourth-order valence-electron chi connectivity index (χ4n) is 3.04. The Morgan fingerprint density at radius 2 is 1.81 bits per heavy atom. The second kappa shape index (κ2) is 8.56. The number of halogens is 1. The number of nitrogens with zero attached hydrogens (tertiary/aromatic N) is 1. The smallest absolute Gasteiger partial charge is 0.261 e. The van der Waals surface area contributed by atoms with Crippen LogP contribution in [0.25, 0.3) is 11.3 Å². The molecule has 0 saturated carbocycles. The number of carbonyl (C=O) groups excluding carboxylic acids is 1. The number of hydrogen-bond acceptors (Lipinski definition) is 6. The summed E-state index contributed by atoms with van der Waals surface area (Å²) >= 11 is 1.27. The van der Waals surface area contributed by atoms with Gasteiger partial charge >= 0.3 is 0 Å². The van der Waals surface area contributed by atoms with Crippen LogP contribution >= 0.6 is 11.3 Å². The normalized spacial score (nSPS) is 11.3. The molecule has 4 rings (SSSR count). The molecule has 0 spiro atoms. The van der Waals surface area contributed by atoms with Gasteiger partial charge in [0.2, 0.25) is 0 Å². The summed E-state index contributed by atoms with van der Waals surface area (Å²) < 4.78 is 46.5. The Balaban J connectivity index is 1.47. The van der Waals surface area contributed by atoms with Gasteiger partial charge in [0.1, 0.15) is 17.3 Å². The number of aryl methyl sites for hydroxylation is 2. The van der Waals surface area contributed by atoms with Crippen molar-refractivity contribution in [2.45, 2.75) is 18.7 Å². The third kappa shape index (κ3) is 4.56. The van der Waals surface area contributed by atoms with E-state index in [1.54, 1.807) is 0 Å². The van der Waals surface area contributed by atoms with E-state index in [-0.39, 0.29) is 16.1 Å². The van der Waals surface area contributed by atoms with E-state index in [9.17, 15) is 17.6 Å². The minimum absolute atomic E-state index is 0.0976. The molecule has 2 heterocycles. The maximum absolute atomic E-state index is 13.8. The first-order valence-corrected chi connectivity index (χ1v) is 11.8. The number of sulfonamides is 1. The SMILES string of the molecule is Cc1cc(-c2csc(NC(=O)c3ccc(S(=O)(=O)Nc4ccccc4F)cc3)n2)c(C)o1. The largest absolute Gasteiger partial charge is 0.466 e. The molecule has 0 unspecified atom stereocenters. The molecule has 0 saturated heterocycles. The van der Waals surface area contributed by atoms with E-state index in [1.807, 2.05) is 25.3 Å². The monoisotopic (exact) mass is 471 g/mol. The lowest BCUT2D eigenvalue weighted by Crippen LogP contribution is -2.15. The second-order valence-corrected chi connectivity index (χ2v) is 9.47. The van der Waals surface area contributed by atoms with Crippen LogP contribution in [0, 0.1) is 19.7 Å². The molecule has 2 aromatic heterocycles. The van der Waals surface area contributed by atoms with Crippen molar-refractivity contribution in [3.8, 4) is 11.3 Å². The van der Waals surface area contributed by atoms with E-state index >= 15 is 0 Å². The highest BCUT2D eigenvalue weighted by atomic mass is 32.2. The van der Waals surface area contributed by atoms with Gasteiger partial charge in [-0.3, -0.25) is 14.8 Å². The number of aromatic nitrogens is 1. The Bertz CT molecular complexity index is 1390. The number of benzene rings is 2. The quantitative estimate of drug-likeness (QED) is 0.402. The van der Waals surface area contributed by atoms with Crippen molar-refractivity contribution in [1.82, 2.24) is 4.98 Å². The number of anilines is 2. The molecule has 0 atom stereocenters. The molecule has 7 nitrogen and oxygen atoms in total. The predicted octanol–water partition coefficient (Wildman–Crippen LogP) is 5.21. The average molecular weight is 472 g/mol. The number of thiazole rings is 1. The number of rotatable bonds is 6. The Hall–Kier alpha value is -3.50. The number of carbonyl (C=O) groups is 1. The Morgan fingerprint density at radius 1 is 1.09 bits per heavy atom. The number of amides is 1. The van der Waals surface area contributed by atoms with Crippen LogP contribution in [-0.2, 0) is 10.0 Å². The van der Waals surface area contributed by atoms with Crippen LogP contribution in [0.2, 0.25) is 0 Å². The maximum atomic E-state index is 13.8. The number of hydrogen-bond donors (Lipinski definition) is 2. The summed E-state index contributed by atoms with van der Waals surface area (Å²) in [6.45, 7) is 3.69. The van der Waals surface area contributed by atoms with Gasteiger partial charge in [-0.05, 0) is 56.3 Å². The van der Waals surface area contributed by atoms with Crippen LogP contribution in [0.5, 0.6) is 0 Å². The highest BCUT2D eigenvalue weighted by Gasteiger charge is 2.18. The average Bonchev–Trinajstić information content (AvgIpc) is 3.35. The van der Waals surface area contributed by atoms with Gasteiger partial charge in [0.25, 0.3) is 15.9 Å². The van der Waals surface area contributed by atoms with Gasteiger partial charge in [0.15, 0.2) is 5.13 Å². The van der Waals surface area contributed by atoms with Crippen LogP contribution in [0.3, 0.4) is 0 Å². The van der Waals surface area contributed by atoms with Crippen molar-refractivity contribution < 1.29 is 22.0 Å². The topological polar surface area (TPSA) is 101 Å². The zero-order valence-corrected chi connectivity index (χ0v) is 18.7. The maximum Gasteiger partial charge on any atom is 0.261 e. The zero-order valence-electron chi connectivity index (χ0n) is 17.0. The molecule has 2 aromatic carbocycles. The van der Waals surface area contributed by atoms with Crippen molar-refractivity contribution in [2.75, 3.05) is 10.0 Å². The molecule has 4 aromatic rings. The molecule has 10 heteroatoms. The molecular formula is C22H18FN3O4S2. The van der Waals surface area contributed by atoms with Crippen LogP contribution in [0.15, 0.2) is 69.3 Å². The lowest BCUT2D eigenvalue weighted by atomic mass is 10.2. The number of furan rings is 1. The van der Waals surface area contributed by atoms with Gasteiger partial charge in [-0.15, -0.1) is 11.3 Å². The second-order valence-electron chi connectivity index (χ2n) is 6.93. The summed E-state index contributed by atoms with van der Waals surface area (Å²) in [5.74, 6) is 0.398. The number of para-hydroxylation sites is 1. The molecule has 0 fully saturated rings. The zero-order chi connectivity index (χ0) is 22.9. The van der Waals surface area contributed by atoms with Crippen LogP contribution in [0.4, 0.5) is 15.2 Å².